The summed E-state index contributed by atoms with van der Waals surface area (Å²) in [5.41, 5.74) is 5.21. The highest BCUT2D eigenvalue weighted by Crippen LogP contribution is 2.24. The number of rotatable bonds is 5. The van der Waals surface area contributed by atoms with Gasteiger partial charge in [0.1, 0.15) is 11.3 Å². The molecule has 6 nitrogen and oxygen atoms in total. The fraction of sp³-hybridized carbons (Fsp3) is 0.150. The lowest BCUT2D eigenvalue weighted by molar-refractivity contribution is 0.827. The summed E-state index contributed by atoms with van der Waals surface area (Å²) in [6.45, 7) is 2.76. The number of aryl methyl sites for hydroxylation is 1. The Balaban J connectivity index is 1.73. The van der Waals surface area contributed by atoms with Gasteiger partial charge < -0.3 is 15.2 Å². The Labute approximate surface area is 151 Å². The summed E-state index contributed by atoms with van der Waals surface area (Å²) in [5, 5.41) is 6.54. The lowest BCUT2D eigenvalue weighted by Gasteiger charge is -2.10. The Bertz CT molecular complexity index is 1040. The first-order valence-electron chi connectivity index (χ1n) is 8.49. The number of hydrogen-bond donors (Lipinski definition) is 2. The molecule has 0 radical (unpaired) electrons. The maximum Gasteiger partial charge on any atom is 0.203 e. The minimum atomic E-state index is 0.689. The van der Waals surface area contributed by atoms with Gasteiger partial charge in [-0.1, -0.05) is 18.2 Å². The van der Waals surface area contributed by atoms with Crippen molar-refractivity contribution in [3.63, 3.8) is 0 Å². The van der Waals surface area contributed by atoms with Crippen molar-refractivity contribution in [1.29, 1.82) is 0 Å². The van der Waals surface area contributed by atoms with E-state index in [1.165, 1.54) is 5.56 Å². The summed E-state index contributed by atoms with van der Waals surface area (Å²) in [4.78, 5) is 13.3. The molecule has 0 aliphatic carbocycles. The van der Waals surface area contributed by atoms with Crippen LogP contribution in [0, 0.1) is 6.92 Å². The van der Waals surface area contributed by atoms with E-state index >= 15 is 0 Å². The number of pyridine rings is 2. The van der Waals surface area contributed by atoms with Gasteiger partial charge in [0.15, 0.2) is 0 Å². The molecule has 0 aliphatic rings. The van der Waals surface area contributed by atoms with Crippen LogP contribution in [0.3, 0.4) is 0 Å². The smallest absolute Gasteiger partial charge is 0.203 e. The third-order valence-electron chi connectivity index (χ3n) is 4.21. The lowest BCUT2D eigenvalue weighted by Crippen LogP contribution is -2.05. The van der Waals surface area contributed by atoms with Crippen LogP contribution in [0.2, 0.25) is 0 Å². The third kappa shape index (κ3) is 3.21. The number of fused-ring (bicyclic) bond motifs is 1. The third-order valence-corrected chi connectivity index (χ3v) is 4.21. The number of aromatic nitrogens is 4. The lowest BCUT2D eigenvalue weighted by atomic mass is 10.2. The summed E-state index contributed by atoms with van der Waals surface area (Å²) >= 11 is 0. The molecular formula is C20H20N6. The topological polar surface area (TPSA) is 67.7 Å². The summed E-state index contributed by atoms with van der Waals surface area (Å²) in [6.07, 6.45) is 5.45. The number of anilines is 3. The highest BCUT2D eigenvalue weighted by molar-refractivity contribution is 5.81. The van der Waals surface area contributed by atoms with Crippen LogP contribution in [0.15, 0.2) is 61.1 Å². The largest absolute Gasteiger partial charge is 0.359 e. The number of imidazole rings is 1. The first-order valence-corrected chi connectivity index (χ1v) is 8.49. The fourth-order valence-corrected chi connectivity index (χ4v) is 2.99. The first-order chi connectivity index (χ1) is 12.7. The zero-order valence-electron chi connectivity index (χ0n) is 14.8. The van der Waals surface area contributed by atoms with Crippen LogP contribution in [0.25, 0.3) is 11.0 Å². The second-order valence-corrected chi connectivity index (χ2v) is 6.19. The van der Waals surface area contributed by atoms with Crippen molar-refractivity contribution >= 4 is 28.5 Å². The second kappa shape index (κ2) is 6.84. The molecule has 3 aromatic heterocycles. The van der Waals surface area contributed by atoms with Gasteiger partial charge in [-0.3, -0.25) is 4.98 Å². The van der Waals surface area contributed by atoms with Crippen LogP contribution in [0.4, 0.5) is 17.5 Å². The molecule has 4 rings (SSSR count). The Morgan fingerprint density at radius 1 is 1.08 bits per heavy atom. The molecule has 0 spiro atoms. The van der Waals surface area contributed by atoms with E-state index in [9.17, 15) is 0 Å². The Morgan fingerprint density at radius 3 is 2.77 bits per heavy atom. The molecule has 4 aromatic rings. The standard InChI is InChI=1S/C20H20N6/c1-14-5-3-7-16(9-14)24-19-10-18-17(12-23-19)25-20(21-2)26(18)13-15-6-4-8-22-11-15/h3-12H,13H2,1-2H3,(H,21,25)(H,23,24). The summed E-state index contributed by atoms with van der Waals surface area (Å²) in [5.74, 6) is 1.59. The average Bonchev–Trinajstić information content (AvgIpc) is 3.00. The highest BCUT2D eigenvalue weighted by Gasteiger charge is 2.12. The van der Waals surface area contributed by atoms with E-state index in [2.05, 4.69) is 55.3 Å². The van der Waals surface area contributed by atoms with Gasteiger partial charge in [-0.15, -0.1) is 0 Å². The van der Waals surface area contributed by atoms with Gasteiger partial charge in [-0.05, 0) is 36.2 Å². The molecule has 0 bridgehead atoms. The Hall–Kier alpha value is -3.41. The van der Waals surface area contributed by atoms with Crippen LogP contribution in [-0.2, 0) is 6.54 Å². The molecule has 3 heterocycles. The normalized spacial score (nSPS) is 10.8. The van der Waals surface area contributed by atoms with Gasteiger partial charge >= 0.3 is 0 Å². The van der Waals surface area contributed by atoms with Crippen LogP contribution in [0.5, 0.6) is 0 Å². The van der Waals surface area contributed by atoms with Crippen molar-refractivity contribution < 1.29 is 0 Å². The van der Waals surface area contributed by atoms with E-state index in [1.54, 1.807) is 12.4 Å². The van der Waals surface area contributed by atoms with E-state index in [0.717, 1.165) is 34.1 Å². The molecule has 1 aromatic carbocycles. The van der Waals surface area contributed by atoms with Gasteiger partial charge in [0.2, 0.25) is 5.95 Å². The van der Waals surface area contributed by atoms with Crippen molar-refractivity contribution in [3.05, 3.63) is 72.2 Å². The number of nitrogens with one attached hydrogen (secondary N) is 2. The van der Waals surface area contributed by atoms with E-state index < -0.39 is 0 Å². The molecule has 0 atom stereocenters. The number of benzene rings is 1. The molecule has 0 aliphatic heterocycles. The second-order valence-electron chi connectivity index (χ2n) is 6.19. The molecule has 0 unspecified atom stereocenters. The van der Waals surface area contributed by atoms with Gasteiger partial charge in [-0.2, -0.15) is 0 Å². The van der Waals surface area contributed by atoms with Crippen LogP contribution in [0.1, 0.15) is 11.1 Å². The Morgan fingerprint density at radius 2 is 2.00 bits per heavy atom. The number of nitrogens with zero attached hydrogens (tertiary/aromatic N) is 4. The first kappa shape index (κ1) is 16.1. The summed E-state index contributed by atoms with van der Waals surface area (Å²) in [7, 11) is 1.88. The van der Waals surface area contributed by atoms with Crippen molar-refractivity contribution in [2.75, 3.05) is 17.7 Å². The van der Waals surface area contributed by atoms with Gasteiger partial charge in [0.25, 0.3) is 0 Å². The van der Waals surface area contributed by atoms with E-state index in [-0.39, 0.29) is 0 Å². The molecule has 2 N–H and O–H groups in total. The van der Waals surface area contributed by atoms with Crippen molar-refractivity contribution in [3.8, 4) is 0 Å². The predicted octanol–water partition coefficient (Wildman–Crippen LogP) is 3.97. The zero-order chi connectivity index (χ0) is 17.9. The minimum Gasteiger partial charge on any atom is -0.359 e. The van der Waals surface area contributed by atoms with Crippen LogP contribution in [-0.4, -0.2) is 26.6 Å². The zero-order valence-corrected chi connectivity index (χ0v) is 14.8. The molecule has 130 valence electrons. The van der Waals surface area contributed by atoms with Crippen LogP contribution >= 0.6 is 0 Å². The number of hydrogen-bond acceptors (Lipinski definition) is 5. The van der Waals surface area contributed by atoms with E-state index in [0.29, 0.717) is 6.54 Å². The van der Waals surface area contributed by atoms with E-state index in [4.69, 9.17) is 0 Å². The Kier molecular flexibility index (Phi) is 4.23. The minimum absolute atomic E-state index is 0.689. The molecule has 0 fully saturated rings. The maximum absolute atomic E-state index is 4.63. The average molecular weight is 344 g/mol. The molecule has 0 saturated heterocycles. The molecule has 6 heteroatoms. The summed E-state index contributed by atoms with van der Waals surface area (Å²) in [6, 6.07) is 14.3. The molecular weight excluding hydrogens is 324 g/mol. The van der Waals surface area contributed by atoms with E-state index in [1.807, 2.05) is 37.5 Å². The monoisotopic (exact) mass is 344 g/mol. The van der Waals surface area contributed by atoms with Gasteiger partial charge in [-0.25, -0.2) is 9.97 Å². The highest BCUT2D eigenvalue weighted by atomic mass is 15.2. The van der Waals surface area contributed by atoms with Gasteiger partial charge in [0.05, 0.1) is 18.3 Å². The van der Waals surface area contributed by atoms with Gasteiger partial charge in [0, 0.05) is 31.2 Å². The van der Waals surface area contributed by atoms with Crippen molar-refractivity contribution in [2.24, 2.45) is 0 Å². The molecule has 26 heavy (non-hydrogen) atoms. The molecule has 0 saturated carbocycles. The van der Waals surface area contributed by atoms with Crippen molar-refractivity contribution in [1.82, 2.24) is 19.5 Å². The summed E-state index contributed by atoms with van der Waals surface area (Å²) < 4.78 is 2.13. The predicted molar refractivity (Wildman–Crippen MR) is 105 cm³/mol. The SMILES string of the molecule is CNc1nc2cnc(Nc3cccc(C)c3)cc2n1Cc1cccnc1. The van der Waals surface area contributed by atoms with Crippen molar-refractivity contribution in [2.45, 2.75) is 13.5 Å². The maximum atomic E-state index is 4.63. The quantitative estimate of drug-likeness (QED) is 0.573. The van der Waals surface area contributed by atoms with Crippen LogP contribution < -0.4 is 10.6 Å². The molecule has 0 amide bonds. The fourth-order valence-electron chi connectivity index (χ4n) is 2.99.